The molecule has 1 N–H and O–H groups in total. The van der Waals surface area contributed by atoms with Crippen LogP contribution in [0, 0.1) is 18.8 Å². The fourth-order valence-electron chi connectivity index (χ4n) is 5.33. The molecular formula is C32H34N2O3. The van der Waals surface area contributed by atoms with Crippen LogP contribution >= 0.6 is 0 Å². The predicted octanol–water partition coefficient (Wildman–Crippen LogP) is 6.52. The highest BCUT2D eigenvalue weighted by atomic mass is 16.5. The number of para-hydroxylation sites is 2. The van der Waals surface area contributed by atoms with E-state index in [0.717, 1.165) is 35.2 Å². The minimum Gasteiger partial charge on any atom is -0.449 e. The normalized spacial score (nSPS) is 22.4. The van der Waals surface area contributed by atoms with E-state index >= 15 is 0 Å². The first-order valence-electron chi connectivity index (χ1n) is 13.2. The molecule has 1 aliphatic carbocycles. The van der Waals surface area contributed by atoms with Gasteiger partial charge in [-0.05, 0) is 66.6 Å². The third-order valence-corrected chi connectivity index (χ3v) is 7.75. The van der Waals surface area contributed by atoms with E-state index in [1.54, 1.807) is 11.0 Å². The molecule has 5 nitrogen and oxygen atoms in total. The van der Waals surface area contributed by atoms with Gasteiger partial charge in [-0.1, -0.05) is 80.8 Å². The van der Waals surface area contributed by atoms with Crippen LogP contribution in [0.5, 0.6) is 5.75 Å². The Morgan fingerprint density at radius 2 is 1.81 bits per heavy atom. The van der Waals surface area contributed by atoms with Gasteiger partial charge in [0.2, 0.25) is 0 Å². The molecule has 0 aromatic heterocycles. The van der Waals surface area contributed by atoms with Crippen LogP contribution in [0.1, 0.15) is 60.2 Å². The van der Waals surface area contributed by atoms with Gasteiger partial charge in [-0.25, -0.2) is 0 Å². The molecule has 37 heavy (non-hydrogen) atoms. The molecule has 2 aliphatic rings. The summed E-state index contributed by atoms with van der Waals surface area (Å²) in [6.07, 6.45) is 5.15. The van der Waals surface area contributed by atoms with Crippen molar-refractivity contribution in [3.63, 3.8) is 0 Å². The van der Waals surface area contributed by atoms with Crippen molar-refractivity contribution in [3.8, 4) is 5.75 Å². The highest BCUT2D eigenvalue weighted by molar-refractivity contribution is 6.09. The van der Waals surface area contributed by atoms with Gasteiger partial charge in [-0.2, -0.15) is 0 Å². The second-order valence-corrected chi connectivity index (χ2v) is 10.4. The number of carbonyl (C=O) groups excluding carboxylic acids is 2. The standard InChI is InChI=1S/C32H34N2O3/c1-21-8-6-10-25(18-21)20-34-28-12-4-5-13-29(28)37-30(32(34)36)19-24-14-16-26(17-15-24)31(35)33-27-11-7-9-22(2)23(27)3/h4-6,8,10,12-19,22-23,27H,7,9,11,20H2,1-3H3,(H,33,35)/b30-19+/t22-,23-,27-/m1/s1. The molecule has 3 aromatic carbocycles. The van der Waals surface area contributed by atoms with Crippen molar-refractivity contribution in [2.75, 3.05) is 4.90 Å². The first-order chi connectivity index (χ1) is 17.9. The number of amides is 2. The summed E-state index contributed by atoms with van der Waals surface area (Å²) in [6.45, 7) is 6.99. The fraction of sp³-hybridized carbons (Fsp3) is 0.312. The number of fused-ring (bicyclic) bond motifs is 1. The van der Waals surface area contributed by atoms with E-state index in [1.807, 2.05) is 73.7 Å². The van der Waals surface area contributed by atoms with Crippen LogP contribution < -0.4 is 15.0 Å². The Morgan fingerprint density at radius 1 is 1.03 bits per heavy atom. The first-order valence-corrected chi connectivity index (χ1v) is 13.2. The Morgan fingerprint density at radius 3 is 2.59 bits per heavy atom. The minimum absolute atomic E-state index is 0.0478. The molecule has 1 saturated carbocycles. The maximum absolute atomic E-state index is 13.5. The van der Waals surface area contributed by atoms with Crippen LogP contribution in [0.4, 0.5) is 5.69 Å². The molecule has 0 unspecified atom stereocenters. The number of nitrogens with zero attached hydrogens (tertiary/aromatic N) is 1. The minimum atomic E-state index is -0.192. The largest absolute Gasteiger partial charge is 0.449 e. The third-order valence-electron chi connectivity index (χ3n) is 7.75. The average Bonchev–Trinajstić information content (AvgIpc) is 2.89. The number of carbonyl (C=O) groups is 2. The van der Waals surface area contributed by atoms with E-state index in [9.17, 15) is 9.59 Å². The zero-order chi connectivity index (χ0) is 25.9. The van der Waals surface area contributed by atoms with Crippen molar-refractivity contribution in [2.24, 2.45) is 11.8 Å². The fourth-order valence-corrected chi connectivity index (χ4v) is 5.33. The van der Waals surface area contributed by atoms with Crippen LogP contribution in [0.25, 0.3) is 6.08 Å². The highest BCUT2D eigenvalue weighted by Gasteiger charge is 2.31. The Kier molecular flexibility index (Phi) is 7.13. The number of rotatable bonds is 5. The van der Waals surface area contributed by atoms with Gasteiger partial charge in [0, 0.05) is 11.6 Å². The second-order valence-electron chi connectivity index (χ2n) is 10.4. The van der Waals surface area contributed by atoms with E-state index in [0.29, 0.717) is 29.7 Å². The molecule has 5 rings (SSSR count). The molecule has 3 atom stereocenters. The summed E-state index contributed by atoms with van der Waals surface area (Å²) in [5.74, 6) is 1.76. The van der Waals surface area contributed by atoms with Gasteiger partial charge in [-0.3, -0.25) is 14.5 Å². The second kappa shape index (κ2) is 10.6. The van der Waals surface area contributed by atoms with Crippen molar-refractivity contribution in [1.29, 1.82) is 0 Å². The summed E-state index contributed by atoms with van der Waals surface area (Å²) >= 11 is 0. The summed E-state index contributed by atoms with van der Waals surface area (Å²) < 4.78 is 6.03. The lowest BCUT2D eigenvalue weighted by Gasteiger charge is -2.34. The maximum atomic E-state index is 13.5. The Bertz CT molecular complexity index is 1330. The van der Waals surface area contributed by atoms with Gasteiger partial charge in [0.25, 0.3) is 11.8 Å². The van der Waals surface area contributed by atoms with Gasteiger partial charge in [-0.15, -0.1) is 0 Å². The molecule has 190 valence electrons. The van der Waals surface area contributed by atoms with Crippen molar-refractivity contribution in [2.45, 2.75) is 52.6 Å². The van der Waals surface area contributed by atoms with E-state index in [4.69, 9.17) is 4.74 Å². The SMILES string of the molecule is Cc1cccc(CN2C(=O)/C(=C\c3ccc(C(=O)N[C@@H]4CCC[C@@H](C)[C@H]4C)cc3)Oc3ccccc32)c1. The number of ether oxygens (including phenoxy) is 1. The van der Waals surface area contributed by atoms with Gasteiger partial charge in [0.15, 0.2) is 11.5 Å². The van der Waals surface area contributed by atoms with Crippen LogP contribution in [0.2, 0.25) is 0 Å². The quantitative estimate of drug-likeness (QED) is 0.411. The number of anilines is 1. The maximum Gasteiger partial charge on any atom is 0.294 e. The lowest BCUT2D eigenvalue weighted by Crippen LogP contribution is -2.43. The molecule has 1 aliphatic heterocycles. The predicted molar refractivity (Wildman–Crippen MR) is 147 cm³/mol. The van der Waals surface area contributed by atoms with E-state index in [-0.39, 0.29) is 23.6 Å². The van der Waals surface area contributed by atoms with E-state index in [1.165, 1.54) is 6.42 Å². The summed E-state index contributed by atoms with van der Waals surface area (Å²) in [6, 6.07) is 23.3. The molecule has 2 amide bonds. The van der Waals surface area contributed by atoms with Crippen molar-refractivity contribution in [3.05, 3.63) is 101 Å². The van der Waals surface area contributed by atoms with Crippen LogP contribution in [0.3, 0.4) is 0 Å². The lowest BCUT2D eigenvalue weighted by molar-refractivity contribution is -0.117. The summed E-state index contributed by atoms with van der Waals surface area (Å²) in [4.78, 5) is 28.1. The molecule has 0 bridgehead atoms. The van der Waals surface area contributed by atoms with Crippen molar-refractivity contribution in [1.82, 2.24) is 5.32 Å². The van der Waals surface area contributed by atoms with Crippen molar-refractivity contribution < 1.29 is 14.3 Å². The topological polar surface area (TPSA) is 58.6 Å². The number of hydrogen-bond donors (Lipinski definition) is 1. The van der Waals surface area contributed by atoms with Crippen LogP contribution in [-0.2, 0) is 11.3 Å². The smallest absolute Gasteiger partial charge is 0.294 e. The zero-order valence-electron chi connectivity index (χ0n) is 21.7. The van der Waals surface area contributed by atoms with Crippen LogP contribution in [-0.4, -0.2) is 17.9 Å². The summed E-state index contributed by atoms with van der Waals surface area (Å²) in [5.41, 5.74) is 4.38. The number of nitrogens with one attached hydrogen (secondary N) is 1. The van der Waals surface area contributed by atoms with E-state index in [2.05, 4.69) is 25.2 Å². The van der Waals surface area contributed by atoms with Crippen LogP contribution in [0.15, 0.2) is 78.6 Å². The molecule has 5 heteroatoms. The lowest BCUT2D eigenvalue weighted by atomic mass is 9.78. The Balaban J connectivity index is 1.34. The van der Waals surface area contributed by atoms with Gasteiger partial charge < -0.3 is 10.1 Å². The summed E-state index contributed by atoms with van der Waals surface area (Å²) in [7, 11) is 0. The Labute approximate surface area is 219 Å². The molecule has 3 aromatic rings. The van der Waals surface area contributed by atoms with Gasteiger partial charge in [0.05, 0.1) is 12.2 Å². The molecule has 0 radical (unpaired) electrons. The highest BCUT2D eigenvalue weighted by Crippen LogP contribution is 2.36. The van der Waals surface area contributed by atoms with Gasteiger partial charge >= 0.3 is 0 Å². The molecule has 1 fully saturated rings. The molecular weight excluding hydrogens is 460 g/mol. The summed E-state index contributed by atoms with van der Waals surface area (Å²) in [5, 5.41) is 3.23. The number of aryl methyl sites for hydroxylation is 1. The monoisotopic (exact) mass is 494 g/mol. The number of hydrogen-bond acceptors (Lipinski definition) is 3. The molecule has 1 heterocycles. The third kappa shape index (κ3) is 5.46. The Hall–Kier alpha value is -3.86. The average molecular weight is 495 g/mol. The zero-order valence-corrected chi connectivity index (χ0v) is 21.7. The van der Waals surface area contributed by atoms with E-state index < -0.39 is 0 Å². The van der Waals surface area contributed by atoms with Crippen molar-refractivity contribution >= 4 is 23.6 Å². The number of benzene rings is 3. The molecule has 0 spiro atoms. The molecule has 0 saturated heterocycles. The first kappa shape index (κ1) is 24.8. The van der Waals surface area contributed by atoms with Gasteiger partial charge in [0.1, 0.15) is 0 Å².